The summed E-state index contributed by atoms with van der Waals surface area (Å²) in [4.78, 5) is 10.5. The van der Waals surface area contributed by atoms with Crippen molar-refractivity contribution in [1.29, 1.82) is 0 Å². The van der Waals surface area contributed by atoms with Crippen LogP contribution < -0.4 is 4.74 Å². The quantitative estimate of drug-likeness (QED) is 0.830. The van der Waals surface area contributed by atoms with E-state index in [0.717, 1.165) is 17.7 Å². The average Bonchev–Trinajstić information content (AvgIpc) is 2.29. The van der Waals surface area contributed by atoms with Crippen LogP contribution in [-0.2, 0) is 11.2 Å². The molecule has 0 saturated heterocycles. The van der Waals surface area contributed by atoms with Gasteiger partial charge in [0.15, 0.2) is 6.10 Å². The van der Waals surface area contributed by atoms with Crippen molar-refractivity contribution in [3.05, 3.63) is 29.8 Å². The maximum absolute atomic E-state index is 10.5. The minimum absolute atomic E-state index is 0.215. The van der Waals surface area contributed by atoms with Gasteiger partial charge in [-0.05, 0) is 57.7 Å². The van der Waals surface area contributed by atoms with Crippen LogP contribution in [0.2, 0.25) is 0 Å². The second-order valence-electron chi connectivity index (χ2n) is 5.60. The molecule has 2 N–H and O–H groups in total. The summed E-state index contributed by atoms with van der Waals surface area (Å²) in [6.07, 6.45) is 0.409. The van der Waals surface area contributed by atoms with Crippen molar-refractivity contribution < 1.29 is 19.7 Å². The molecule has 4 heteroatoms. The molecule has 1 aromatic carbocycles. The average molecular weight is 266 g/mol. The minimum Gasteiger partial charge on any atom is -0.488 e. The lowest BCUT2D eigenvalue weighted by molar-refractivity contribution is -0.146. The van der Waals surface area contributed by atoms with Gasteiger partial charge in [0.2, 0.25) is 0 Å². The van der Waals surface area contributed by atoms with Crippen molar-refractivity contribution in [3.63, 3.8) is 0 Å². The zero-order valence-electron chi connectivity index (χ0n) is 11.7. The molecule has 1 unspecified atom stereocenters. The maximum atomic E-state index is 10.5. The van der Waals surface area contributed by atoms with E-state index in [9.17, 15) is 4.79 Å². The van der Waals surface area contributed by atoms with Crippen molar-refractivity contribution in [2.24, 2.45) is 0 Å². The van der Waals surface area contributed by atoms with Crippen molar-refractivity contribution in [1.82, 2.24) is 0 Å². The number of carboxylic acid groups (broad SMARTS) is 1. The van der Waals surface area contributed by atoms with Crippen LogP contribution in [-0.4, -0.2) is 27.9 Å². The second kappa shape index (κ2) is 6.57. The lowest BCUT2D eigenvalue weighted by atomic mass is 10.1. The lowest BCUT2D eigenvalue weighted by Crippen LogP contribution is -2.22. The van der Waals surface area contributed by atoms with E-state index in [2.05, 4.69) is 0 Å². The van der Waals surface area contributed by atoms with Crippen LogP contribution in [0.3, 0.4) is 0 Å². The number of aryl methyl sites for hydroxylation is 1. The Hall–Kier alpha value is -1.55. The summed E-state index contributed by atoms with van der Waals surface area (Å²) >= 11 is 0. The summed E-state index contributed by atoms with van der Waals surface area (Å²) in [5.74, 6) is -0.337. The predicted octanol–water partition coefficient (Wildman–Crippen LogP) is 2.63. The number of carbonyl (C=O) groups is 1. The Kier molecular flexibility index (Phi) is 5.36. The van der Waals surface area contributed by atoms with E-state index >= 15 is 0 Å². The van der Waals surface area contributed by atoms with E-state index in [-0.39, 0.29) is 12.0 Å². The van der Waals surface area contributed by atoms with Gasteiger partial charge in [-0.25, -0.2) is 4.79 Å². The summed E-state index contributed by atoms with van der Waals surface area (Å²) in [6, 6.07) is 7.75. The van der Waals surface area contributed by atoms with Crippen molar-refractivity contribution in [3.8, 4) is 5.75 Å². The Labute approximate surface area is 114 Å². The number of hydrogen-bond donors (Lipinski definition) is 2. The SMILES string of the molecule is CC(C)(C)Oc1ccc(CCCC(O)C(=O)O)cc1. The molecular formula is C15H22O4. The molecular weight excluding hydrogens is 244 g/mol. The minimum atomic E-state index is -1.26. The third kappa shape index (κ3) is 6.25. The van der Waals surface area contributed by atoms with Gasteiger partial charge in [-0.3, -0.25) is 0 Å². The molecule has 0 aromatic heterocycles. The van der Waals surface area contributed by atoms with Gasteiger partial charge in [-0.2, -0.15) is 0 Å². The first kappa shape index (κ1) is 15.5. The number of carboxylic acids is 1. The first-order chi connectivity index (χ1) is 8.78. The third-order valence-corrected chi connectivity index (χ3v) is 2.58. The molecule has 19 heavy (non-hydrogen) atoms. The Balaban J connectivity index is 2.42. The van der Waals surface area contributed by atoms with Crippen molar-refractivity contribution in [2.45, 2.75) is 51.7 Å². The zero-order chi connectivity index (χ0) is 14.5. The Morgan fingerprint density at radius 3 is 2.32 bits per heavy atom. The van der Waals surface area contributed by atoms with Crippen LogP contribution in [0.5, 0.6) is 5.75 Å². The third-order valence-electron chi connectivity index (χ3n) is 2.58. The smallest absolute Gasteiger partial charge is 0.332 e. The largest absolute Gasteiger partial charge is 0.488 e. The Morgan fingerprint density at radius 2 is 1.84 bits per heavy atom. The molecule has 0 radical (unpaired) electrons. The summed E-state index contributed by atoms with van der Waals surface area (Å²) in [7, 11) is 0. The summed E-state index contributed by atoms with van der Waals surface area (Å²) in [5.41, 5.74) is 0.895. The zero-order valence-corrected chi connectivity index (χ0v) is 11.7. The van der Waals surface area contributed by atoms with Gasteiger partial charge < -0.3 is 14.9 Å². The van der Waals surface area contributed by atoms with Crippen LogP contribution in [0.4, 0.5) is 0 Å². The summed E-state index contributed by atoms with van der Waals surface area (Å²) < 4.78 is 5.71. The molecule has 0 aliphatic rings. The first-order valence-electron chi connectivity index (χ1n) is 6.47. The van der Waals surface area contributed by atoms with E-state index in [1.165, 1.54) is 0 Å². The Morgan fingerprint density at radius 1 is 1.26 bits per heavy atom. The normalized spacial score (nSPS) is 13.1. The van der Waals surface area contributed by atoms with Crippen LogP contribution in [0, 0.1) is 0 Å². The first-order valence-corrected chi connectivity index (χ1v) is 6.47. The summed E-state index contributed by atoms with van der Waals surface area (Å²) in [5, 5.41) is 17.7. The second-order valence-corrected chi connectivity index (χ2v) is 5.60. The van der Waals surface area contributed by atoms with Gasteiger partial charge in [0.25, 0.3) is 0 Å². The van der Waals surface area contributed by atoms with E-state index in [4.69, 9.17) is 14.9 Å². The molecule has 0 saturated carbocycles. The molecule has 1 atom stereocenters. The fourth-order valence-electron chi connectivity index (χ4n) is 1.70. The molecule has 0 aliphatic heterocycles. The van der Waals surface area contributed by atoms with Crippen LogP contribution in [0.15, 0.2) is 24.3 Å². The number of aliphatic hydroxyl groups is 1. The van der Waals surface area contributed by atoms with E-state index in [1.807, 2.05) is 45.0 Å². The van der Waals surface area contributed by atoms with Crippen LogP contribution >= 0.6 is 0 Å². The fourth-order valence-corrected chi connectivity index (χ4v) is 1.70. The highest BCUT2D eigenvalue weighted by Crippen LogP contribution is 2.19. The number of aliphatic carboxylic acids is 1. The molecule has 106 valence electrons. The van der Waals surface area contributed by atoms with Crippen molar-refractivity contribution in [2.75, 3.05) is 0 Å². The van der Waals surface area contributed by atoms with E-state index < -0.39 is 12.1 Å². The van der Waals surface area contributed by atoms with Gasteiger partial charge in [-0.15, -0.1) is 0 Å². The van der Waals surface area contributed by atoms with Crippen LogP contribution in [0.25, 0.3) is 0 Å². The van der Waals surface area contributed by atoms with Gasteiger partial charge in [0, 0.05) is 0 Å². The van der Waals surface area contributed by atoms with Crippen LogP contribution in [0.1, 0.15) is 39.2 Å². The number of rotatable bonds is 6. The van der Waals surface area contributed by atoms with Gasteiger partial charge in [0.05, 0.1) is 0 Å². The lowest BCUT2D eigenvalue weighted by Gasteiger charge is -2.21. The number of benzene rings is 1. The highest BCUT2D eigenvalue weighted by molar-refractivity contribution is 5.71. The molecule has 0 heterocycles. The molecule has 1 aromatic rings. The number of ether oxygens (including phenoxy) is 1. The topological polar surface area (TPSA) is 66.8 Å². The van der Waals surface area contributed by atoms with Gasteiger partial charge in [-0.1, -0.05) is 12.1 Å². The monoisotopic (exact) mass is 266 g/mol. The molecule has 0 amide bonds. The highest BCUT2D eigenvalue weighted by Gasteiger charge is 2.13. The highest BCUT2D eigenvalue weighted by atomic mass is 16.5. The summed E-state index contributed by atoms with van der Waals surface area (Å²) in [6.45, 7) is 5.98. The molecule has 0 spiro atoms. The Bertz CT molecular complexity index is 403. The molecule has 0 fully saturated rings. The van der Waals surface area contributed by atoms with Gasteiger partial charge in [0.1, 0.15) is 11.4 Å². The maximum Gasteiger partial charge on any atom is 0.332 e. The molecule has 4 nitrogen and oxygen atoms in total. The van der Waals surface area contributed by atoms with Gasteiger partial charge >= 0.3 is 5.97 Å². The predicted molar refractivity (Wildman–Crippen MR) is 73.4 cm³/mol. The van der Waals surface area contributed by atoms with Crippen molar-refractivity contribution >= 4 is 5.97 Å². The van der Waals surface area contributed by atoms with E-state index in [0.29, 0.717) is 6.42 Å². The molecule has 0 bridgehead atoms. The molecule has 1 rings (SSSR count). The number of hydrogen-bond acceptors (Lipinski definition) is 3. The standard InChI is InChI=1S/C15H22O4/c1-15(2,3)19-12-9-7-11(8-10-12)5-4-6-13(16)14(17)18/h7-10,13,16H,4-6H2,1-3H3,(H,17,18). The fraction of sp³-hybridized carbons (Fsp3) is 0.533. The number of aliphatic hydroxyl groups excluding tert-OH is 1. The molecule has 0 aliphatic carbocycles. The van der Waals surface area contributed by atoms with E-state index in [1.54, 1.807) is 0 Å².